The third-order valence-corrected chi connectivity index (χ3v) is 1.64. The number of imide groups is 1. The SMILES string of the molecule is NCC1NC(=O)N(CC(=O)O)C1=O. The zero-order valence-corrected chi connectivity index (χ0v) is 6.69. The molecule has 3 amide bonds. The van der Waals surface area contributed by atoms with E-state index in [0.29, 0.717) is 4.90 Å². The molecule has 4 N–H and O–H groups in total. The molecule has 7 nitrogen and oxygen atoms in total. The highest BCUT2D eigenvalue weighted by Gasteiger charge is 2.37. The number of carbonyl (C=O) groups excluding carboxylic acids is 2. The zero-order valence-electron chi connectivity index (χ0n) is 6.69. The number of hydrogen-bond acceptors (Lipinski definition) is 4. The van der Waals surface area contributed by atoms with Crippen molar-refractivity contribution in [3.05, 3.63) is 0 Å². The van der Waals surface area contributed by atoms with E-state index in [1.165, 1.54) is 0 Å². The Morgan fingerprint density at radius 1 is 1.62 bits per heavy atom. The normalized spacial score (nSPS) is 21.9. The van der Waals surface area contributed by atoms with Gasteiger partial charge in [-0.25, -0.2) is 4.79 Å². The number of hydrogen-bond donors (Lipinski definition) is 3. The molecule has 1 heterocycles. The average molecular weight is 187 g/mol. The molecule has 1 atom stereocenters. The minimum atomic E-state index is -1.24. The molecule has 0 spiro atoms. The van der Waals surface area contributed by atoms with Crippen LogP contribution in [0, 0.1) is 0 Å². The largest absolute Gasteiger partial charge is 0.480 e. The van der Waals surface area contributed by atoms with E-state index >= 15 is 0 Å². The van der Waals surface area contributed by atoms with Gasteiger partial charge in [0.15, 0.2) is 0 Å². The zero-order chi connectivity index (χ0) is 10.0. The quantitative estimate of drug-likeness (QED) is 0.440. The highest BCUT2D eigenvalue weighted by Crippen LogP contribution is 2.04. The van der Waals surface area contributed by atoms with Gasteiger partial charge in [-0.3, -0.25) is 14.5 Å². The van der Waals surface area contributed by atoms with Crippen molar-refractivity contribution >= 4 is 17.9 Å². The van der Waals surface area contributed by atoms with Crippen LogP contribution in [0.3, 0.4) is 0 Å². The fourth-order valence-corrected chi connectivity index (χ4v) is 1.02. The summed E-state index contributed by atoms with van der Waals surface area (Å²) in [5, 5.41) is 10.6. The van der Waals surface area contributed by atoms with E-state index in [4.69, 9.17) is 10.8 Å². The summed E-state index contributed by atoms with van der Waals surface area (Å²) < 4.78 is 0. The van der Waals surface area contributed by atoms with Crippen LogP contribution in [0.5, 0.6) is 0 Å². The second kappa shape index (κ2) is 3.40. The molecule has 1 unspecified atom stereocenters. The Bertz CT molecular complexity index is 265. The van der Waals surface area contributed by atoms with Crippen molar-refractivity contribution in [1.82, 2.24) is 10.2 Å². The van der Waals surface area contributed by atoms with Crippen LogP contribution in [-0.4, -0.2) is 47.0 Å². The maximum absolute atomic E-state index is 11.2. The Kier molecular flexibility index (Phi) is 2.47. The molecule has 1 fully saturated rings. The standard InChI is InChI=1S/C6H9N3O4/c7-1-3-5(12)9(2-4(10)11)6(13)8-3/h3H,1-2,7H2,(H,8,13)(H,10,11). The number of carboxylic acid groups (broad SMARTS) is 1. The lowest BCUT2D eigenvalue weighted by Gasteiger charge is -2.08. The molecule has 1 aliphatic rings. The van der Waals surface area contributed by atoms with Crippen molar-refractivity contribution in [3.63, 3.8) is 0 Å². The van der Waals surface area contributed by atoms with Gasteiger partial charge in [-0.05, 0) is 0 Å². The van der Waals surface area contributed by atoms with E-state index < -0.39 is 30.5 Å². The minimum Gasteiger partial charge on any atom is -0.480 e. The van der Waals surface area contributed by atoms with Crippen LogP contribution in [0.15, 0.2) is 0 Å². The molecule has 0 saturated carbocycles. The van der Waals surface area contributed by atoms with Crippen LogP contribution in [0.4, 0.5) is 4.79 Å². The van der Waals surface area contributed by atoms with Gasteiger partial charge in [-0.15, -0.1) is 0 Å². The molecule has 1 saturated heterocycles. The van der Waals surface area contributed by atoms with Crippen LogP contribution in [0.25, 0.3) is 0 Å². The summed E-state index contributed by atoms with van der Waals surface area (Å²) in [6.07, 6.45) is 0. The van der Waals surface area contributed by atoms with Crippen molar-refractivity contribution in [2.45, 2.75) is 6.04 Å². The van der Waals surface area contributed by atoms with Crippen molar-refractivity contribution in [2.24, 2.45) is 5.73 Å². The molecule has 0 aromatic heterocycles. The van der Waals surface area contributed by atoms with Gasteiger partial charge in [-0.1, -0.05) is 0 Å². The van der Waals surface area contributed by atoms with Gasteiger partial charge >= 0.3 is 12.0 Å². The highest BCUT2D eigenvalue weighted by molar-refractivity contribution is 6.06. The molecule has 1 rings (SSSR count). The third kappa shape index (κ3) is 1.75. The van der Waals surface area contributed by atoms with E-state index in [-0.39, 0.29) is 6.54 Å². The number of amides is 3. The number of rotatable bonds is 3. The predicted molar refractivity (Wildman–Crippen MR) is 40.7 cm³/mol. The summed E-state index contributed by atoms with van der Waals surface area (Å²) in [5.74, 6) is -1.82. The molecule has 0 bridgehead atoms. The molecule has 0 aromatic rings. The molecule has 13 heavy (non-hydrogen) atoms. The molecule has 1 aliphatic heterocycles. The Morgan fingerprint density at radius 2 is 2.23 bits per heavy atom. The van der Waals surface area contributed by atoms with E-state index in [1.54, 1.807) is 0 Å². The first-order chi connectivity index (χ1) is 6.06. The third-order valence-electron chi connectivity index (χ3n) is 1.64. The van der Waals surface area contributed by atoms with Crippen LogP contribution < -0.4 is 11.1 Å². The lowest BCUT2D eigenvalue weighted by atomic mass is 10.3. The summed E-state index contributed by atoms with van der Waals surface area (Å²) >= 11 is 0. The van der Waals surface area contributed by atoms with Gasteiger partial charge in [0.25, 0.3) is 5.91 Å². The Hall–Kier alpha value is -1.63. The summed E-state index contributed by atoms with van der Waals surface area (Å²) in [4.78, 5) is 33.0. The molecule has 0 aliphatic carbocycles. The van der Waals surface area contributed by atoms with Crippen molar-refractivity contribution in [3.8, 4) is 0 Å². The summed E-state index contributed by atoms with van der Waals surface area (Å²) in [6.45, 7) is -0.651. The first-order valence-corrected chi connectivity index (χ1v) is 3.60. The van der Waals surface area contributed by atoms with Gasteiger partial charge in [0.2, 0.25) is 0 Å². The van der Waals surface area contributed by atoms with Crippen LogP contribution in [-0.2, 0) is 9.59 Å². The molecular formula is C6H9N3O4. The number of nitrogens with one attached hydrogen (secondary N) is 1. The molecule has 0 radical (unpaired) electrons. The highest BCUT2D eigenvalue weighted by atomic mass is 16.4. The molecule has 7 heteroatoms. The topological polar surface area (TPSA) is 113 Å². The van der Waals surface area contributed by atoms with Crippen molar-refractivity contribution in [1.29, 1.82) is 0 Å². The van der Waals surface area contributed by atoms with Gasteiger partial charge in [-0.2, -0.15) is 0 Å². The number of urea groups is 1. The van der Waals surface area contributed by atoms with Gasteiger partial charge in [0, 0.05) is 6.54 Å². The van der Waals surface area contributed by atoms with E-state index in [1.807, 2.05) is 0 Å². The summed E-state index contributed by atoms with van der Waals surface area (Å²) in [6, 6.07) is -1.49. The Morgan fingerprint density at radius 3 is 2.62 bits per heavy atom. The number of aliphatic carboxylic acids is 1. The summed E-state index contributed by atoms with van der Waals surface area (Å²) in [7, 11) is 0. The monoisotopic (exact) mass is 187 g/mol. The average Bonchev–Trinajstić information content (AvgIpc) is 2.31. The number of carboxylic acids is 1. The van der Waals surface area contributed by atoms with Crippen LogP contribution >= 0.6 is 0 Å². The Labute approximate surface area is 73.5 Å². The lowest BCUT2D eigenvalue weighted by molar-refractivity contribution is -0.141. The lowest BCUT2D eigenvalue weighted by Crippen LogP contribution is -2.38. The second-order valence-electron chi connectivity index (χ2n) is 2.56. The fraction of sp³-hybridized carbons (Fsp3) is 0.500. The molecule has 0 aromatic carbocycles. The maximum Gasteiger partial charge on any atom is 0.325 e. The smallest absolute Gasteiger partial charge is 0.325 e. The second-order valence-corrected chi connectivity index (χ2v) is 2.56. The van der Waals surface area contributed by atoms with Crippen LogP contribution in [0.1, 0.15) is 0 Å². The van der Waals surface area contributed by atoms with E-state index in [9.17, 15) is 14.4 Å². The maximum atomic E-state index is 11.2. The number of carbonyl (C=O) groups is 3. The van der Waals surface area contributed by atoms with Gasteiger partial charge in [0.05, 0.1) is 0 Å². The number of nitrogens with two attached hydrogens (primary N) is 1. The van der Waals surface area contributed by atoms with Crippen molar-refractivity contribution < 1.29 is 19.5 Å². The molecular weight excluding hydrogens is 178 g/mol. The van der Waals surface area contributed by atoms with Crippen LogP contribution in [0.2, 0.25) is 0 Å². The predicted octanol–water partition coefficient (Wildman–Crippen LogP) is -2.05. The van der Waals surface area contributed by atoms with Crippen molar-refractivity contribution in [2.75, 3.05) is 13.1 Å². The summed E-state index contributed by atoms with van der Waals surface area (Å²) in [5.41, 5.74) is 5.17. The first-order valence-electron chi connectivity index (χ1n) is 3.60. The fourth-order valence-electron chi connectivity index (χ4n) is 1.02. The number of nitrogens with zero attached hydrogens (tertiary/aromatic N) is 1. The first kappa shape index (κ1) is 9.46. The van der Waals surface area contributed by atoms with E-state index in [2.05, 4.69) is 5.32 Å². The van der Waals surface area contributed by atoms with Gasteiger partial charge < -0.3 is 16.2 Å². The molecule has 72 valence electrons. The Balaban J connectivity index is 2.70. The minimum absolute atomic E-state index is 0.0271. The van der Waals surface area contributed by atoms with Gasteiger partial charge in [0.1, 0.15) is 12.6 Å². The van der Waals surface area contributed by atoms with E-state index in [0.717, 1.165) is 0 Å².